The van der Waals surface area contributed by atoms with Crippen LogP contribution in [0.2, 0.25) is 0 Å². The average molecular weight is 356 g/mol. The summed E-state index contributed by atoms with van der Waals surface area (Å²) in [6, 6.07) is 14.5. The van der Waals surface area contributed by atoms with Gasteiger partial charge in [-0.15, -0.1) is 22.7 Å². The van der Waals surface area contributed by atoms with Crippen LogP contribution in [0.4, 0.5) is 0 Å². The van der Waals surface area contributed by atoms with E-state index < -0.39 is 5.91 Å². The molecule has 0 atom stereocenters. The second-order valence-corrected chi connectivity index (χ2v) is 7.33. The molecule has 0 radical (unpaired) electrons. The number of carbonyl (C=O) groups is 2. The molecule has 0 fully saturated rings. The molecule has 0 aliphatic heterocycles. The molecule has 0 saturated carbocycles. The Morgan fingerprint density at radius 1 is 0.833 bits per heavy atom. The van der Waals surface area contributed by atoms with Gasteiger partial charge in [0.2, 0.25) is 5.91 Å². The lowest BCUT2D eigenvalue weighted by Crippen LogP contribution is -2.29. The standard InChI is InChI=1S/C18H16N2O2S2/c19-17(21)13-5-7-14(8-6-13)18(22)20(11-15-3-1-9-23-15)12-16-4-2-10-24-16/h1-10H,11-12H2,(H2,19,21). The Hall–Kier alpha value is -2.44. The summed E-state index contributed by atoms with van der Waals surface area (Å²) in [5, 5.41) is 4.01. The van der Waals surface area contributed by atoms with Crippen molar-refractivity contribution < 1.29 is 9.59 Å². The number of primary amides is 1. The fourth-order valence-electron chi connectivity index (χ4n) is 2.34. The van der Waals surface area contributed by atoms with Crippen molar-refractivity contribution in [2.75, 3.05) is 0 Å². The van der Waals surface area contributed by atoms with E-state index in [1.165, 1.54) is 0 Å². The molecule has 2 aromatic heterocycles. The Labute approximate surface area is 148 Å². The molecule has 2 amide bonds. The molecule has 2 N–H and O–H groups in total. The van der Waals surface area contributed by atoms with Gasteiger partial charge in [0.25, 0.3) is 5.91 Å². The Morgan fingerprint density at radius 2 is 1.33 bits per heavy atom. The Balaban J connectivity index is 1.82. The Kier molecular flexibility index (Phi) is 5.08. The quantitative estimate of drug-likeness (QED) is 0.731. The summed E-state index contributed by atoms with van der Waals surface area (Å²) in [6.07, 6.45) is 0. The summed E-state index contributed by atoms with van der Waals surface area (Å²) in [6.45, 7) is 1.12. The third-order valence-electron chi connectivity index (χ3n) is 3.56. The minimum absolute atomic E-state index is 0.0622. The maximum atomic E-state index is 12.9. The zero-order valence-electron chi connectivity index (χ0n) is 12.8. The lowest BCUT2D eigenvalue weighted by Gasteiger charge is -2.21. The van der Waals surface area contributed by atoms with E-state index in [4.69, 9.17) is 5.73 Å². The van der Waals surface area contributed by atoms with Gasteiger partial charge in [0.05, 0.1) is 13.1 Å². The van der Waals surface area contributed by atoms with Gasteiger partial charge in [0, 0.05) is 20.9 Å². The van der Waals surface area contributed by atoms with Crippen molar-refractivity contribution in [3.8, 4) is 0 Å². The van der Waals surface area contributed by atoms with E-state index in [9.17, 15) is 9.59 Å². The highest BCUT2D eigenvalue weighted by molar-refractivity contribution is 7.10. The molecule has 1 aromatic carbocycles. The molecule has 0 aliphatic carbocycles. The van der Waals surface area contributed by atoms with Crippen molar-refractivity contribution in [2.24, 2.45) is 5.73 Å². The molecule has 0 saturated heterocycles. The predicted molar refractivity (Wildman–Crippen MR) is 97.2 cm³/mol. The number of carbonyl (C=O) groups excluding carboxylic acids is 2. The molecule has 0 spiro atoms. The van der Waals surface area contributed by atoms with Gasteiger partial charge >= 0.3 is 0 Å². The van der Waals surface area contributed by atoms with E-state index in [2.05, 4.69) is 0 Å². The number of rotatable bonds is 6. The predicted octanol–water partition coefficient (Wildman–Crippen LogP) is 3.75. The third kappa shape index (κ3) is 3.90. The van der Waals surface area contributed by atoms with Gasteiger partial charge < -0.3 is 10.6 Å². The van der Waals surface area contributed by atoms with Crippen LogP contribution >= 0.6 is 22.7 Å². The molecule has 6 heteroatoms. The molecule has 2 heterocycles. The Morgan fingerprint density at radius 3 is 1.75 bits per heavy atom. The molecular formula is C18H16N2O2S2. The normalized spacial score (nSPS) is 10.5. The minimum atomic E-state index is -0.497. The summed E-state index contributed by atoms with van der Waals surface area (Å²) in [4.78, 5) is 28.1. The first kappa shape index (κ1) is 16.4. The van der Waals surface area contributed by atoms with E-state index >= 15 is 0 Å². The smallest absolute Gasteiger partial charge is 0.254 e. The second-order valence-electron chi connectivity index (χ2n) is 5.26. The number of thiophene rings is 2. The Bertz CT molecular complexity index is 773. The highest BCUT2D eigenvalue weighted by Crippen LogP contribution is 2.19. The van der Waals surface area contributed by atoms with Gasteiger partial charge in [0.15, 0.2) is 0 Å². The van der Waals surface area contributed by atoms with Crippen molar-refractivity contribution in [3.63, 3.8) is 0 Å². The topological polar surface area (TPSA) is 63.4 Å². The average Bonchev–Trinajstić information content (AvgIpc) is 3.27. The number of hydrogen-bond acceptors (Lipinski definition) is 4. The highest BCUT2D eigenvalue weighted by atomic mass is 32.1. The van der Waals surface area contributed by atoms with Gasteiger partial charge in [-0.1, -0.05) is 12.1 Å². The highest BCUT2D eigenvalue weighted by Gasteiger charge is 2.18. The van der Waals surface area contributed by atoms with Gasteiger partial charge in [0.1, 0.15) is 0 Å². The molecule has 0 unspecified atom stereocenters. The van der Waals surface area contributed by atoms with Crippen LogP contribution in [0, 0.1) is 0 Å². The van der Waals surface area contributed by atoms with Crippen LogP contribution < -0.4 is 5.73 Å². The van der Waals surface area contributed by atoms with E-state index in [1.807, 2.05) is 39.9 Å². The lowest BCUT2D eigenvalue weighted by atomic mass is 10.1. The van der Waals surface area contributed by atoms with Gasteiger partial charge in [-0.05, 0) is 47.2 Å². The maximum absolute atomic E-state index is 12.9. The second kappa shape index (κ2) is 7.42. The van der Waals surface area contributed by atoms with Crippen molar-refractivity contribution in [3.05, 3.63) is 80.2 Å². The summed E-state index contributed by atoms with van der Waals surface area (Å²) < 4.78 is 0. The molecule has 24 heavy (non-hydrogen) atoms. The van der Waals surface area contributed by atoms with E-state index in [0.717, 1.165) is 9.75 Å². The largest absolute Gasteiger partial charge is 0.366 e. The first-order valence-electron chi connectivity index (χ1n) is 7.37. The lowest BCUT2D eigenvalue weighted by molar-refractivity contribution is 0.0733. The van der Waals surface area contributed by atoms with Crippen LogP contribution in [0.1, 0.15) is 30.5 Å². The first-order chi connectivity index (χ1) is 11.6. The van der Waals surface area contributed by atoms with Crippen LogP contribution in [0.15, 0.2) is 59.3 Å². The SMILES string of the molecule is NC(=O)c1ccc(C(=O)N(Cc2cccs2)Cc2cccs2)cc1. The summed E-state index contributed by atoms with van der Waals surface area (Å²) in [7, 11) is 0. The van der Waals surface area contributed by atoms with E-state index in [-0.39, 0.29) is 5.91 Å². The van der Waals surface area contributed by atoms with Crippen LogP contribution in [0.25, 0.3) is 0 Å². The number of nitrogens with zero attached hydrogens (tertiary/aromatic N) is 1. The molecule has 3 aromatic rings. The van der Waals surface area contributed by atoms with Gasteiger partial charge in [-0.2, -0.15) is 0 Å². The molecule has 4 nitrogen and oxygen atoms in total. The van der Waals surface area contributed by atoms with Crippen LogP contribution in [0.3, 0.4) is 0 Å². The van der Waals surface area contributed by atoms with Gasteiger partial charge in [-0.3, -0.25) is 9.59 Å². The van der Waals surface area contributed by atoms with E-state index in [1.54, 1.807) is 46.9 Å². The minimum Gasteiger partial charge on any atom is -0.366 e. The number of hydrogen-bond donors (Lipinski definition) is 1. The summed E-state index contributed by atoms with van der Waals surface area (Å²) in [5.74, 6) is -0.559. The summed E-state index contributed by atoms with van der Waals surface area (Å²) >= 11 is 3.26. The zero-order valence-corrected chi connectivity index (χ0v) is 14.5. The molecule has 0 aliphatic rings. The number of benzene rings is 1. The zero-order chi connectivity index (χ0) is 16.9. The molecule has 3 rings (SSSR count). The summed E-state index contributed by atoms with van der Waals surface area (Å²) in [5.41, 5.74) is 6.20. The first-order valence-corrected chi connectivity index (χ1v) is 9.13. The van der Waals surface area contributed by atoms with E-state index in [0.29, 0.717) is 24.2 Å². The number of nitrogens with two attached hydrogens (primary N) is 1. The monoisotopic (exact) mass is 356 g/mol. The van der Waals surface area contributed by atoms with Crippen LogP contribution in [-0.4, -0.2) is 16.7 Å². The maximum Gasteiger partial charge on any atom is 0.254 e. The third-order valence-corrected chi connectivity index (χ3v) is 5.28. The van der Waals surface area contributed by atoms with Crippen molar-refractivity contribution in [1.29, 1.82) is 0 Å². The van der Waals surface area contributed by atoms with Gasteiger partial charge in [-0.25, -0.2) is 0 Å². The molecule has 122 valence electrons. The molecular weight excluding hydrogens is 340 g/mol. The van der Waals surface area contributed by atoms with Crippen molar-refractivity contribution in [2.45, 2.75) is 13.1 Å². The van der Waals surface area contributed by atoms with Crippen LogP contribution in [0.5, 0.6) is 0 Å². The fourth-order valence-corrected chi connectivity index (χ4v) is 3.78. The molecule has 0 bridgehead atoms. The van der Waals surface area contributed by atoms with Crippen molar-refractivity contribution in [1.82, 2.24) is 4.90 Å². The fraction of sp³-hybridized carbons (Fsp3) is 0.111. The van der Waals surface area contributed by atoms with Crippen LogP contribution in [-0.2, 0) is 13.1 Å². The number of amides is 2. The van der Waals surface area contributed by atoms with Crippen molar-refractivity contribution >= 4 is 34.5 Å².